The zero-order chi connectivity index (χ0) is 19.1. The van der Waals surface area contributed by atoms with Crippen LogP contribution >= 0.6 is 0 Å². The molecule has 144 valence electrons. The molecule has 2 heterocycles. The molecular formula is C19H25N5O3. The first kappa shape index (κ1) is 18.9. The summed E-state index contributed by atoms with van der Waals surface area (Å²) in [5.74, 6) is -0.292. The Labute approximate surface area is 157 Å². The number of aromatic nitrogens is 2. The van der Waals surface area contributed by atoms with Gasteiger partial charge in [0.15, 0.2) is 5.69 Å². The maximum Gasteiger partial charge on any atom is 0.272 e. The van der Waals surface area contributed by atoms with E-state index in [1.807, 2.05) is 29.2 Å². The van der Waals surface area contributed by atoms with E-state index in [0.717, 1.165) is 36.7 Å². The number of aromatic amines is 1. The van der Waals surface area contributed by atoms with Crippen LogP contribution in [0.25, 0.3) is 10.9 Å². The Kier molecular flexibility index (Phi) is 6.40. The van der Waals surface area contributed by atoms with E-state index >= 15 is 0 Å². The van der Waals surface area contributed by atoms with Crippen molar-refractivity contribution in [2.45, 2.75) is 32.1 Å². The first-order valence-corrected chi connectivity index (χ1v) is 9.41. The topological polar surface area (TPSA) is 107 Å². The molecule has 3 amide bonds. The number of hydrogen-bond acceptors (Lipinski definition) is 4. The molecule has 0 radical (unpaired) electrons. The minimum Gasteiger partial charge on any atom is -0.354 e. The number of hydrogen-bond donors (Lipinski definition) is 3. The van der Waals surface area contributed by atoms with Gasteiger partial charge in [0.05, 0.1) is 5.52 Å². The van der Waals surface area contributed by atoms with Crippen molar-refractivity contribution in [1.29, 1.82) is 0 Å². The summed E-state index contributed by atoms with van der Waals surface area (Å²) in [6.45, 7) is 1.97. The van der Waals surface area contributed by atoms with Crippen LogP contribution in [0.2, 0.25) is 0 Å². The highest BCUT2D eigenvalue weighted by atomic mass is 16.2. The Hall–Kier alpha value is -2.90. The second-order valence-corrected chi connectivity index (χ2v) is 6.67. The summed E-state index contributed by atoms with van der Waals surface area (Å²) in [4.78, 5) is 37.9. The molecular weight excluding hydrogens is 346 g/mol. The molecule has 1 aromatic carbocycles. The number of fused-ring (bicyclic) bond motifs is 1. The Morgan fingerprint density at radius 1 is 1.11 bits per heavy atom. The highest BCUT2D eigenvalue weighted by molar-refractivity contribution is 6.04. The predicted molar refractivity (Wildman–Crippen MR) is 101 cm³/mol. The van der Waals surface area contributed by atoms with E-state index < -0.39 is 0 Å². The molecule has 1 aliphatic rings. The minimum absolute atomic E-state index is 0.149. The van der Waals surface area contributed by atoms with Crippen LogP contribution in [0.5, 0.6) is 0 Å². The molecule has 2 aromatic rings. The quantitative estimate of drug-likeness (QED) is 0.680. The summed E-state index contributed by atoms with van der Waals surface area (Å²) in [6, 6.07) is 7.38. The molecule has 3 N–H and O–H groups in total. The first-order chi connectivity index (χ1) is 13.1. The van der Waals surface area contributed by atoms with Gasteiger partial charge in [-0.05, 0) is 18.9 Å². The van der Waals surface area contributed by atoms with Crippen molar-refractivity contribution in [2.75, 3.05) is 26.2 Å². The van der Waals surface area contributed by atoms with Crippen LogP contribution in [0.1, 0.15) is 42.6 Å². The fourth-order valence-electron chi connectivity index (χ4n) is 3.20. The van der Waals surface area contributed by atoms with Crippen LogP contribution < -0.4 is 10.6 Å². The Bertz CT molecular complexity index is 817. The van der Waals surface area contributed by atoms with Gasteiger partial charge in [0.1, 0.15) is 0 Å². The average Bonchev–Trinajstić information content (AvgIpc) is 2.99. The summed E-state index contributed by atoms with van der Waals surface area (Å²) >= 11 is 0. The summed E-state index contributed by atoms with van der Waals surface area (Å²) in [7, 11) is 0. The van der Waals surface area contributed by atoms with E-state index in [9.17, 15) is 14.4 Å². The van der Waals surface area contributed by atoms with Gasteiger partial charge in [0.25, 0.3) is 5.91 Å². The van der Waals surface area contributed by atoms with E-state index in [1.165, 1.54) is 0 Å². The lowest BCUT2D eigenvalue weighted by Gasteiger charge is -2.20. The van der Waals surface area contributed by atoms with Crippen LogP contribution in [-0.4, -0.2) is 59.0 Å². The smallest absolute Gasteiger partial charge is 0.272 e. The molecule has 27 heavy (non-hydrogen) atoms. The zero-order valence-corrected chi connectivity index (χ0v) is 15.3. The Balaban J connectivity index is 1.37. The number of rotatable bonds is 7. The molecule has 0 bridgehead atoms. The monoisotopic (exact) mass is 371 g/mol. The van der Waals surface area contributed by atoms with Gasteiger partial charge in [0.2, 0.25) is 11.8 Å². The lowest BCUT2D eigenvalue weighted by molar-refractivity contribution is -0.131. The number of carbonyl (C=O) groups excluding carboxylic acids is 3. The summed E-state index contributed by atoms with van der Waals surface area (Å²) in [5.41, 5.74) is 1.12. The van der Waals surface area contributed by atoms with Crippen LogP contribution in [0.4, 0.5) is 0 Å². The maximum absolute atomic E-state index is 12.2. The SMILES string of the molecule is O=C(CCNC(=O)c1n[nH]c2ccccc12)NCCN1CCCCCC1=O. The first-order valence-electron chi connectivity index (χ1n) is 9.41. The fraction of sp³-hybridized carbons (Fsp3) is 0.474. The largest absolute Gasteiger partial charge is 0.354 e. The van der Waals surface area contributed by atoms with Crippen LogP contribution in [0, 0.1) is 0 Å². The second kappa shape index (κ2) is 9.16. The van der Waals surface area contributed by atoms with E-state index in [0.29, 0.717) is 25.2 Å². The van der Waals surface area contributed by atoms with Gasteiger partial charge in [-0.1, -0.05) is 24.6 Å². The molecule has 1 aliphatic heterocycles. The molecule has 8 heteroatoms. The van der Waals surface area contributed by atoms with Gasteiger partial charge in [-0.2, -0.15) is 5.10 Å². The van der Waals surface area contributed by atoms with Gasteiger partial charge in [-0.3, -0.25) is 19.5 Å². The normalized spacial score (nSPS) is 14.8. The number of carbonyl (C=O) groups is 3. The zero-order valence-electron chi connectivity index (χ0n) is 15.3. The molecule has 0 atom stereocenters. The third-order valence-electron chi connectivity index (χ3n) is 4.70. The van der Waals surface area contributed by atoms with E-state index in [1.54, 1.807) is 0 Å². The molecule has 1 fully saturated rings. The number of H-pyrrole nitrogens is 1. The third kappa shape index (κ3) is 5.06. The lowest BCUT2D eigenvalue weighted by atomic mass is 10.2. The molecule has 0 spiro atoms. The number of para-hydroxylation sites is 1. The van der Waals surface area contributed by atoms with Gasteiger partial charge >= 0.3 is 0 Å². The number of nitrogens with zero attached hydrogens (tertiary/aromatic N) is 2. The molecule has 0 aliphatic carbocycles. The van der Waals surface area contributed by atoms with E-state index in [2.05, 4.69) is 20.8 Å². The van der Waals surface area contributed by atoms with Crippen molar-refractivity contribution in [2.24, 2.45) is 0 Å². The van der Waals surface area contributed by atoms with Gasteiger partial charge in [-0.25, -0.2) is 0 Å². The molecule has 3 rings (SSSR count). The van der Waals surface area contributed by atoms with Crippen molar-refractivity contribution < 1.29 is 14.4 Å². The number of amides is 3. The number of likely N-dealkylation sites (tertiary alicyclic amines) is 1. The van der Waals surface area contributed by atoms with Crippen LogP contribution in [0.15, 0.2) is 24.3 Å². The number of benzene rings is 1. The highest BCUT2D eigenvalue weighted by Crippen LogP contribution is 2.14. The third-order valence-corrected chi connectivity index (χ3v) is 4.70. The lowest BCUT2D eigenvalue weighted by Crippen LogP contribution is -2.39. The fourth-order valence-corrected chi connectivity index (χ4v) is 3.20. The summed E-state index contributed by atoms with van der Waals surface area (Å²) in [5, 5.41) is 13.1. The molecule has 1 saturated heterocycles. The van der Waals surface area contributed by atoms with Gasteiger partial charge < -0.3 is 15.5 Å². The maximum atomic E-state index is 12.2. The Morgan fingerprint density at radius 2 is 1.96 bits per heavy atom. The van der Waals surface area contributed by atoms with Crippen molar-refractivity contribution in [3.63, 3.8) is 0 Å². The van der Waals surface area contributed by atoms with E-state index in [-0.39, 0.29) is 30.7 Å². The molecule has 8 nitrogen and oxygen atoms in total. The highest BCUT2D eigenvalue weighted by Gasteiger charge is 2.16. The molecule has 0 unspecified atom stereocenters. The second-order valence-electron chi connectivity index (χ2n) is 6.67. The minimum atomic E-state index is -0.310. The summed E-state index contributed by atoms with van der Waals surface area (Å²) < 4.78 is 0. The molecule has 1 aromatic heterocycles. The van der Waals surface area contributed by atoms with Gasteiger partial charge in [-0.15, -0.1) is 0 Å². The van der Waals surface area contributed by atoms with Crippen molar-refractivity contribution in [1.82, 2.24) is 25.7 Å². The average molecular weight is 371 g/mol. The molecule has 0 saturated carbocycles. The van der Waals surface area contributed by atoms with Crippen LogP contribution in [-0.2, 0) is 9.59 Å². The summed E-state index contributed by atoms with van der Waals surface area (Å²) in [6.07, 6.45) is 3.84. The van der Waals surface area contributed by atoms with Crippen molar-refractivity contribution in [3.8, 4) is 0 Å². The predicted octanol–water partition coefficient (Wildman–Crippen LogP) is 1.20. The van der Waals surface area contributed by atoms with Crippen molar-refractivity contribution >= 4 is 28.6 Å². The van der Waals surface area contributed by atoms with Crippen LogP contribution in [0.3, 0.4) is 0 Å². The van der Waals surface area contributed by atoms with Crippen molar-refractivity contribution in [3.05, 3.63) is 30.0 Å². The Morgan fingerprint density at radius 3 is 2.85 bits per heavy atom. The van der Waals surface area contributed by atoms with E-state index in [4.69, 9.17) is 0 Å². The van der Waals surface area contributed by atoms with Gasteiger partial charge in [0, 0.05) is 44.4 Å². The standard InChI is InChI=1S/C19H25N5O3/c25-16(20-11-13-24-12-5-1-2-8-17(24)26)9-10-21-19(27)18-14-6-3-4-7-15(14)22-23-18/h3-4,6-7H,1-2,5,8-13H2,(H,20,25)(H,21,27)(H,22,23). The number of nitrogens with one attached hydrogen (secondary N) is 3.